The highest BCUT2D eigenvalue weighted by Crippen LogP contribution is 2.19. The smallest absolute Gasteiger partial charge is 0.310 e. The number of hydrogen-bond acceptors (Lipinski definition) is 4. The molecule has 0 radical (unpaired) electrons. The van der Waals surface area contributed by atoms with E-state index in [-0.39, 0.29) is 30.0 Å². The molecule has 1 amide bonds. The van der Waals surface area contributed by atoms with Gasteiger partial charge < -0.3 is 14.7 Å². The number of likely N-dealkylation sites (tertiary alicyclic amines) is 1. The summed E-state index contributed by atoms with van der Waals surface area (Å²) in [6.45, 7) is 1.01. The number of phenols is 1. The number of benzene rings is 1. The van der Waals surface area contributed by atoms with Crippen LogP contribution in [0.15, 0.2) is 24.3 Å². The second-order valence-corrected chi connectivity index (χ2v) is 4.68. The molecule has 102 valence electrons. The normalized spacial score (nSPS) is 18.7. The van der Waals surface area contributed by atoms with E-state index in [2.05, 4.69) is 4.74 Å². The molecule has 19 heavy (non-hydrogen) atoms. The standard InChI is InChI=1S/C14H17NO4/c1-19-14(18)11-8-13(17)15(9-11)7-6-10-2-4-12(16)5-3-10/h2-5,11,16H,6-9H2,1H3. The lowest BCUT2D eigenvalue weighted by Crippen LogP contribution is -2.28. The molecule has 0 saturated carbocycles. The summed E-state index contributed by atoms with van der Waals surface area (Å²) >= 11 is 0. The van der Waals surface area contributed by atoms with Gasteiger partial charge in [0.2, 0.25) is 5.91 Å². The Kier molecular flexibility index (Phi) is 4.04. The van der Waals surface area contributed by atoms with Crippen LogP contribution in [0.3, 0.4) is 0 Å². The maximum Gasteiger partial charge on any atom is 0.310 e. The molecule has 0 aromatic heterocycles. The number of amides is 1. The molecule has 1 atom stereocenters. The second kappa shape index (κ2) is 5.73. The molecule has 0 aliphatic carbocycles. The van der Waals surface area contributed by atoms with Crippen molar-refractivity contribution in [1.29, 1.82) is 0 Å². The first-order valence-electron chi connectivity index (χ1n) is 6.23. The molecule has 2 rings (SSSR count). The van der Waals surface area contributed by atoms with Crippen molar-refractivity contribution in [3.05, 3.63) is 29.8 Å². The number of carbonyl (C=O) groups is 2. The average molecular weight is 263 g/mol. The number of rotatable bonds is 4. The number of esters is 1. The van der Waals surface area contributed by atoms with Gasteiger partial charge in [-0.15, -0.1) is 0 Å². The van der Waals surface area contributed by atoms with Crippen molar-refractivity contribution in [3.63, 3.8) is 0 Å². The highest BCUT2D eigenvalue weighted by molar-refractivity contribution is 5.86. The van der Waals surface area contributed by atoms with Gasteiger partial charge >= 0.3 is 5.97 Å². The molecular weight excluding hydrogens is 246 g/mol. The van der Waals surface area contributed by atoms with Gasteiger partial charge in [0.05, 0.1) is 13.0 Å². The lowest BCUT2D eigenvalue weighted by Gasteiger charge is -2.16. The molecule has 1 N–H and O–H groups in total. The Balaban J connectivity index is 1.88. The van der Waals surface area contributed by atoms with Crippen molar-refractivity contribution < 1.29 is 19.4 Å². The van der Waals surface area contributed by atoms with Gasteiger partial charge in [0.1, 0.15) is 5.75 Å². The van der Waals surface area contributed by atoms with Crippen LogP contribution in [0.25, 0.3) is 0 Å². The molecule has 1 aliphatic rings. The van der Waals surface area contributed by atoms with Crippen LogP contribution in [-0.4, -0.2) is 42.1 Å². The maximum absolute atomic E-state index is 11.8. The lowest BCUT2D eigenvalue weighted by atomic mass is 10.1. The molecule has 1 fully saturated rings. The molecule has 1 unspecified atom stereocenters. The summed E-state index contributed by atoms with van der Waals surface area (Å²) in [6.07, 6.45) is 0.947. The Labute approximate surface area is 111 Å². The first kappa shape index (κ1) is 13.4. The van der Waals surface area contributed by atoms with Crippen molar-refractivity contribution in [2.24, 2.45) is 5.92 Å². The van der Waals surface area contributed by atoms with E-state index in [1.807, 2.05) is 12.1 Å². The number of methoxy groups -OCH3 is 1. The second-order valence-electron chi connectivity index (χ2n) is 4.68. The van der Waals surface area contributed by atoms with Gasteiger partial charge in [-0.3, -0.25) is 9.59 Å². The zero-order valence-electron chi connectivity index (χ0n) is 10.8. The van der Waals surface area contributed by atoms with E-state index in [0.29, 0.717) is 19.5 Å². The van der Waals surface area contributed by atoms with E-state index in [0.717, 1.165) is 5.56 Å². The predicted molar refractivity (Wildman–Crippen MR) is 68.5 cm³/mol. The third kappa shape index (κ3) is 3.24. The Bertz CT molecular complexity index is 469. The summed E-state index contributed by atoms with van der Waals surface area (Å²) in [4.78, 5) is 24.8. The zero-order valence-corrected chi connectivity index (χ0v) is 10.8. The number of aromatic hydroxyl groups is 1. The van der Waals surface area contributed by atoms with Gasteiger partial charge in [0.25, 0.3) is 0 Å². The van der Waals surface area contributed by atoms with Gasteiger partial charge in [-0.05, 0) is 24.1 Å². The zero-order chi connectivity index (χ0) is 13.8. The lowest BCUT2D eigenvalue weighted by molar-refractivity contribution is -0.145. The molecule has 1 aromatic rings. The summed E-state index contributed by atoms with van der Waals surface area (Å²) < 4.78 is 4.66. The van der Waals surface area contributed by atoms with Crippen molar-refractivity contribution >= 4 is 11.9 Å². The van der Waals surface area contributed by atoms with Gasteiger partial charge in [-0.25, -0.2) is 0 Å². The van der Waals surface area contributed by atoms with Gasteiger partial charge in [-0.1, -0.05) is 12.1 Å². The largest absolute Gasteiger partial charge is 0.508 e. The topological polar surface area (TPSA) is 66.8 Å². The van der Waals surface area contributed by atoms with Crippen LogP contribution in [0.2, 0.25) is 0 Å². The third-order valence-electron chi connectivity index (χ3n) is 3.36. The molecule has 0 spiro atoms. The van der Waals surface area contributed by atoms with Crippen molar-refractivity contribution in [3.8, 4) is 5.75 Å². The first-order chi connectivity index (χ1) is 9.10. The van der Waals surface area contributed by atoms with Crippen molar-refractivity contribution in [2.45, 2.75) is 12.8 Å². The molecule has 1 heterocycles. The molecule has 5 nitrogen and oxygen atoms in total. The summed E-state index contributed by atoms with van der Waals surface area (Å²) in [5.74, 6) is -0.432. The van der Waals surface area contributed by atoms with E-state index in [9.17, 15) is 14.7 Å². The third-order valence-corrected chi connectivity index (χ3v) is 3.36. The number of carbonyl (C=O) groups excluding carboxylic acids is 2. The quantitative estimate of drug-likeness (QED) is 0.821. The van der Waals surface area contributed by atoms with Crippen LogP contribution in [0.1, 0.15) is 12.0 Å². The average Bonchev–Trinajstić information content (AvgIpc) is 2.79. The monoisotopic (exact) mass is 263 g/mol. The minimum Gasteiger partial charge on any atom is -0.508 e. The number of ether oxygens (including phenoxy) is 1. The van der Waals surface area contributed by atoms with Crippen LogP contribution in [0.4, 0.5) is 0 Å². The van der Waals surface area contributed by atoms with Gasteiger partial charge in [0, 0.05) is 19.5 Å². The number of nitrogens with zero attached hydrogens (tertiary/aromatic N) is 1. The van der Waals surface area contributed by atoms with E-state index >= 15 is 0 Å². The summed E-state index contributed by atoms with van der Waals surface area (Å²) in [6, 6.07) is 6.90. The predicted octanol–water partition coefficient (Wildman–Crippen LogP) is 0.956. The Morgan fingerprint density at radius 2 is 2.11 bits per heavy atom. The maximum atomic E-state index is 11.8. The SMILES string of the molecule is COC(=O)C1CC(=O)N(CCc2ccc(O)cc2)C1. The minimum atomic E-state index is -0.336. The highest BCUT2D eigenvalue weighted by Gasteiger charge is 2.34. The van der Waals surface area contributed by atoms with Gasteiger partial charge in [0.15, 0.2) is 0 Å². The molecular formula is C14H17NO4. The van der Waals surface area contributed by atoms with Crippen LogP contribution >= 0.6 is 0 Å². The van der Waals surface area contributed by atoms with Crippen molar-refractivity contribution in [1.82, 2.24) is 4.90 Å². The van der Waals surface area contributed by atoms with Crippen LogP contribution < -0.4 is 0 Å². The fourth-order valence-corrected chi connectivity index (χ4v) is 2.24. The van der Waals surface area contributed by atoms with E-state index < -0.39 is 0 Å². The fourth-order valence-electron chi connectivity index (χ4n) is 2.24. The number of hydrogen-bond donors (Lipinski definition) is 1. The molecule has 0 bridgehead atoms. The van der Waals surface area contributed by atoms with E-state index in [1.165, 1.54) is 7.11 Å². The van der Waals surface area contributed by atoms with Crippen LogP contribution in [0, 0.1) is 5.92 Å². The molecule has 1 aromatic carbocycles. The van der Waals surface area contributed by atoms with Crippen molar-refractivity contribution in [2.75, 3.05) is 20.2 Å². The Hall–Kier alpha value is -2.04. The Morgan fingerprint density at radius 3 is 2.74 bits per heavy atom. The summed E-state index contributed by atoms with van der Waals surface area (Å²) in [7, 11) is 1.34. The fraction of sp³-hybridized carbons (Fsp3) is 0.429. The summed E-state index contributed by atoms with van der Waals surface area (Å²) in [5.41, 5.74) is 1.05. The van der Waals surface area contributed by atoms with Gasteiger partial charge in [-0.2, -0.15) is 0 Å². The number of phenolic OH excluding ortho intramolecular Hbond substituents is 1. The van der Waals surface area contributed by atoms with Crippen LogP contribution in [-0.2, 0) is 20.7 Å². The van der Waals surface area contributed by atoms with E-state index in [4.69, 9.17) is 0 Å². The molecule has 1 saturated heterocycles. The Morgan fingerprint density at radius 1 is 1.42 bits per heavy atom. The van der Waals surface area contributed by atoms with Crippen LogP contribution in [0.5, 0.6) is 5.75 Å². The van der Waals surface area contributed by atoms with E-state index in [1.54, 1.807) is 17.0 Å². The minimum absolute atomic E-state index is 0.00539. The first-order valence-corrected chi connectivity index (χ1v) is 6.23. The summed E-state index contributed by atoms with van der Waals surface area (Å²) in [5, 5.41) is 9.19. The molecule has 1 aliphatic heterocycles. The molecule has 5 heteroatoms. The highest BCUT2D eigenvalue weighted by atomic mass is 16.5.